The fraction of sp³-hybridized carbons (Fsp3) is 0.233. The minimum absolute atomic E-state index is 0.0929. The number of ether oxygens (including phenoxy) is 3. The van der Waals surface area contributed by atoms with E-state index in [1.807, 2.05) is 37.3 Å². The molecule has 188 valence electrons. The summed E-state index contributed by atoms with van der Waals surface area (Å²) in [7, 11) is 0. The van der Waals surface area contributed by atoms with Gasteiger partial charge < -0.3 is 23.7 Å². The van der Waals surface area contributed by atoms with Gasteiger partial charge in [0.15, 0.2) is 5.76 Å². The fourth-order valence-electron chi connectivity index (χ4n) is 4.84. The minimum atomic E-state index is -0.232. The zero-order valence-corrected chi connectivity index (χ0v) is 20.5. The van der Waals surface area contributed by atoms with E-state index in [1.54, 1.807) is 42.7 Å². The molecule has 1 N–H and O–H groups in total. The van der Waals surface area contributed by atoms with Crippen LogP contribution in [0.1, 0.15) is 28.6 Å². The molecule has 2 aliphatic heterocycles. The van der Waals surface area contributed by atoms with Gasteiger partial charge in [-0.3, -0.25) is 9.69 Å². The summed E-state index contributed by atoms with van der Waals surface area (Å²) < 4.78 is 23.3. The predicted molar refractivity (Wildman–Crippen MR) is 139 cm³/mol. The van der Waals surface area contributed by atoms with Gasteiger partial charge in [-0.25, -0.2) is 0 Å². The van der Waals surface area contributed by atoms with Crippen LogP contribution in [0.3, 0.4) is 0 Å². The normalized spacial score (nSPS) is 16.2. The molecule has 37 heavy (non-hydrogen) atoms. The summed E-state index contributed by atoms with van der Waals surface area (Å²) in [6.45, 7) is 5.07. The minimum Gasteiger partial charge on any atom is -0.508 e. The second-order valence-corrected chi connectivity index (χ2v) is 9.22. The van der Waals surface area contributed by atoms with Crippen LogP contribution < -0.4 is 9.47 Å². The molecule has 0 aliphatic carbocycles. The van der Waals surface area contributed by atoms with Crippen LogP contribution in [0.4, 0.5) is 0 Å². The second-order valence-electron chi connectivity index (χ2n) is 9.22. The molecule has 1 atom stereocenters. The van der Waals surface area contributed by atoms with Gasteiger partial charge in [0, 0.05) is 35.7 Å². The van der Waals surface area contributed by atoms with Crippen molar-refractivity contribution >= 4 is 16.8 Å². The third-order valence-electron chi connectivity index (χ3n) is 6.85. The first-order valence-corrected chi connectivity index (χ1v) is 12.4. The van der Waals surface area contributed by atoms with E-state index in [9.17, 15) is 9.90 Å². The summed E-state index contributed by atoms with van der Waals surface area (Å²) in [5, 5.41) is 10.6. The first-order chi connectivity index (χ1) is 18.1. The molecule has 0 spiro atoms. The highest BCUT2D eigenvalue weighted by Crippen LogP contribution is 2.40. The standard InChI is InChI=1S/C30H27NO6/c1-19(31-12-15-34-16-13-31)36-24-10-6-21(7-11-24)29(33)30-28(20-4-8-23(32)9-5-20)25-17-22-3-2-14-35-26(22)18-27(25)37-30/h2,4-11,14,17-19,32H,3,12-13,15-16H2,1H3. The molecule has 1 aromatic heterocycles. The van der Waals surface area contributed by atoms with Crippen LogP contribution in [0.2, 0.25) is 0 Å². The molecule has 3 heterocycles. The van der Waals surface area contributed by atoms with Crippen LogP contribution in [0.25, 0.3) is 22.1 Å². The highest BCUT2D eigenvalue weighted by molar-refractivity contribution is 6.16. The number of phenolic OH excluding ortho intramolecular Hbond substituents is 1. The number of ketones is 1. The van der Waals surface area contributed by atoms with Gasteiger partial charge in [0.1, 0.15) is 29.1 Å². The first kappa shape index (κ1) is 23.3. The van der Waals surface area contributed by atoms with E-state index >= 15 is 0 Å². The number of carbonyl (C=O) groups excluding carboxylic acids is 1. The molecule has 3 aromatic carbocycles. The quantitative estimate of drug-likeness (QED) is 0.350. The van der Waals surface area contributed by atoms with Crippen LogP contribution in [0.5, 0.6) is 17.2 Å². The maximum Gasteiger partial charge on any atom is 0.228 e. The number of hydrogen-bond acceptors (Lipinski definition) is 7. The van der Waals surface area contributed by atoms with Crippen molar-refractivity contribution in [2.45, 2.75) is 19.6 Å². The Morgan fingerprint density at radius 3 is 2.54 bits per heavy atom. The van der Waals surface area contributed by atoms with Crippen LogP contribution in [-0.4, -0.2) is 48.3 Å². The SMILES string of the molecule is CC(Oc1ccc(C(=O)c2oc3cc4c(cc3c2-c2ccc(O)cc2)CC=CO4)cc1)N1CCOCC1. The van der Waals surface area contributed by atoms with Crippen molar-refractivity contribution in [1.82, 2.24) is 4.90 Å². The highest BCUT2D eigenvalue weighted by atomic mass is 16.5. The first-order valence-electron chi connectivity index (χ1n) is 12.4. The third-order valence-corrected chi connectivity index (χ3v) is 6.85. The van der Waals surface area contributed by atoms with E-state index < -0.39 is 0 Å². The smallest absolute Gasteiger partial charge is 0.228 e. The molecule has 0 bridgehead atoms. The van der Waals surface area contributed by atoms with Crippen molar-refractivity contribution in [3.05, 3.63) is 89.9 Å². The van der Waals surface area contributed by atoms with Gasteiger partial charge in [-0.05, 0) is 73.0 Å². The van der Waals surface area contributed by atoms with E-state index in [0.717, 1.165) is 41.8 Å². The highest BCUT2D eigenvalue weighted by Gasteiger charge is 2.25. The van der Waals surface area contributed by atoms with Gasteiger partial charge in [-0.15, -0.1) is 0 Å². The Kier molecular flexibility index (Phi) is 6.16. The number of aromatic hydroxyl groups is 1. The molecule has 7 nitrogen and oxygen atoms in total. The lowest BCUT2D eigenvalue weighted by atomic mass is 9.96. The topological polar surface area (TPSA) is 81.4 Å². The number of phenols is 1. The van der Waals surface area contributed by atoms with Gasteiger partial charge >= 0.3 is 0 Å². The Hall–Kier alpha value is -4.07. The van der Waals surface area contributed by atoms with Crippen molar-refractivity contribution < 1.29 is 28.5 Å². The van der Waals surface area contributed by atoms with Crippen LogP contribution in [0, 0.1) is 0 Å². The molecule has 0 saturated carbocycles. The summed E-state index contributed by atoms with van der Waals surface area (Å²) in [5.41, 5.74) is 3.56. The summed E-state index contributed by atoms with van der Waals surface area (Å²) in [6.07, 6.45) is 4.25. The molecule has 4 aromatic rings. The van der Waals surface area contributed by atoms with Gasteiger partial charge in [0.2, 0.25) is 5.78 Å². The second kappa shape index (κ2) is 9.76. The Labute approximate surface area is 214 Å². The van der Waals surface area contributed by atoms with Gasteiger partial charge in [0.05, 0.1) is 19.5 Å². The Morgan fingerprint density at radius 2 is 1.78 bits per heavy atom. The summed E-state index contributed by atoms with van der Waals surface area (Å²) in [4.78, 5) is 16.0. The lowest BCUT2D eigenvalue weighted by molar-refractivity contribution is -0.0373. The van der Waals surface area contributed by atoms with Crippen LogP contribution in [0.15, 0.2) is 77.4 Å². The van der Waals surface area contributed by atoms with E-state index in [0.29, 0.717) is 35.7 Å². The van der Waals surface area contributed by atoms with Crippen molar-refractivity contribution in [2.24, 2.45) is 0 Å². The van der Waals surface area contributed by atoms with E-state index in [2.05, 4.69) is 4.90 Å². The molecular formula is C30H27NO6. The Balaban J connectivity index is 1.34. The molecule has 1 unspecified atom stereocenters. The zero-order valence-electron chi connectivity index (χ0n) is 20.5. The number of furan rings is 1. The number of carbonyl (C=O) groups is 1. The molecular weight excluding hydrogens is 470 g/mol. The van der Waals surface area contributed by atoms with Crippen LogP contribution >= 0.6 is 0 Å². The van der Waals surface area contributed by atoms with E-state index in [4.69, 9.17) is 18.6 Å². The average molecular weight is 498 g/mol. The maximum absolute atomic E-state index is 13.7. The lowest BCUT2D eigenvalue weighted by Crippen LogP contribution is -2.44. The number of nitrogens with zero attached hydrogens (tertiary/aromatic N) is 1. The molecule has 6 rings (SSSR count). The Bertz CT molecular complexity index is 1460. The monoisotopic (exact) mass is 497 g/mol. The summed E-state index contributed by atoms with van der Waals surface area (Å²) in [5.74, 6) is 1.57. The summed E-state index contributed by atoms with van der Waals surface area (Å²) in [6, 6.07) is 17.8. The lowest BCUT2D eigenvalue weighted by Gasteiger charge is -2.32. The average Bonchev–Trinajstić information content (AvgIpc) is 3.31. The molecule has 0 amide bonds. The molecule has 7 heteroatoms. The molecule has 1 saturated heterocycles. The number of allylic oxidation sites excluding steroid dienone is 1. The molecule has 0 radical (unpaired) electrons. The number of fused-ring (bicyclic) bond motifs is 2. The van der Waals surface area contributed by atoms with Gasteiger partial charge in [-0.1, -0.05) is 12.1 Å². The van der Waals surface area contributed by atoms with Gasteiger partial charge in [-0.2, -0.15) is 0 Å². The fourth-order valence-corrected chi connectivity index (χ4v) is 4.84. The molecule has 2 aliphatic rings. The maximum atomic E-state index is 13.7. The van der Waals surface area contributed by atoms with E-state index in [-0.39, 0.29) is 23.5 Å². The zero-order chi connectivity index (χ0) is 25.4. The van der Waals surface area contributed by atoms with Crippen molar-refractivity contribution in [2.75, 3.05) is 26.3 Å². The summed E-state index contributed by atoms with van der Waals surface area (Å²) >= 11 is 0. The van der Waals surface area contributed by atoms with Crippen molar-refractivity contribution in [3.63, 3.8) is 0 Å². The largest absolute Gasteiger partial charge is 0.508 e. The third kappa shape index (κ3) is 4.59. The number of hydrogen-bond donors (Lipinski definition) is 1. The predicted octanol–water partition coefficient (Wildman–Crippen LogP) is 5.54. The Morgan fingerprint density at radius 1 is 1.03 bits per heavy atom. The number of benzene rings is 3. The molecule has 1 fully saturated rings. The van der Waals surface area contributed by atoms with Crippen molar-refractivity contribution in [3.8, 4) is 28.4 Å². The van der Waals surface area contributed by atoms with E-state index in [1.165, 1.54) is 0 Å². The number of rotatable bonds is 6. The van der Waals surface area contributed by atoms with Crippen LogP contribution in [-0.2, 0) is 11.2 Å². The van der Waals surface area contributed by atoms with Crippen molar-refractivity contribution in [1.29, 1.82) is 0 Å². The van der Waals surface area contributed by atoms with Gasteiger partial charge in [0.25, 0.3) is 0 Å². The number of morpholine rings is 1.